The van der Waals surface area contributed by atoms with Crippen LogP contribution in [0.15, 0.2) is 18.5 Å². The summed E-state index contributed by atoms with van der Waals surface area (Å²) in [6.07, 6.45) is 2.47. The van der Waals surface area contributed by atoms with Crippen molar-refractivity contribution in [3.8, 4) is 0 Å². The van der Waals surface area contributed by atoms with Crippen molar-refractivity contribution in [3.63, 3.8) is 0 Å². The number of nitrogens with two attached hydrogens (primary N) is 2. The van der Waals surface area contributed by atoms with Crippen molar-refractivity contribution >= 4 is 23.1 Å². The molecule has 0 aliphatic carbocycles. The molecule has 0 spiro atoms. The summed E-state index contributed by atoms with van der Waals surface area (Å²) in [4.78, 5) is 18.5. The molecule has 2 aromatic rings. The van der Waals surface area contributed by atoms with Crippen molar-refractivity contribution in [1.82, 2.24) is 14.5 Å². The van der Waals surface area contributed by atoms with Crippen molar-refractivity contribution in [2.24, 2.45) is 5.73 Å². The molecule has 2 heterocycles. The average Bonchev–Trinajstić information content (AvgIpc) is 2.55. The van der Waals surface area contributed by atoms with Crippen LogP contribution in [0.3, 0.4) is 0 Å². The van der Waals surface area contributed by atoms with E-state index in [1.807, 2.05) is 0 Å². The van der Waals surface area contributed by atoms with E-state index in [0.29, 0.717) is 18.0 Å². The number of fused-ring (bicyclic) bond motifs is 1. The minimum Gasteiger partial charge on any atom is -0.448 e. The molecule has 0 saturated heterocycles. The average molecular weight is 221 g/mol. The van der Waals surface area contributed by atoms with Gasteiger partial charge in [0, 0.05) is 6.20 Å². The maximum absolute atomic E-state index is 10.4. The van der Waals surface area contributed by atoms with E-state index in [1.165, 1.54) is 0 Å². The van der Waals surface area contributed by atoms with Gasteiger partial charge in [-0.3, -0.25) is 4.98 Å². The first kappa shape index (κ1) is 10.2. The van der Waals surface area contributed by atoms with Gasteiger partial charge in [-0.15, -0.1) is 0 Å². The van der Waals surface area contributed by atoms with Gasteiger partial charge in [-0.2, -0.15) is 0 Å². The van der Waals surface area contributed by atoms with Crippen LogP contribution in [0.25, 0.3) is 11.0 Å². The zero-order valence-corrected chi connectivity index (χ0v) is 8.46. The highest BCUT2D eigenvalue weighted by Crippen LogP contribution is 2.15. The summed E-state index contributed by atoms with van der Waals surface area (Å²) in [6.45, 7) is 0.572. The number of pyridine rings is 1. The number of nitrogen functional groups attached to an aromatic ring is 1. The van der Waals surface area contributed by atoms with Gasteiger partial charge < -0.3 is 20.8 Å². The molecule has 1 amide bonds. The molecule has 0 aliphatic rings. The number of carbonyl (C=O) groups is 1. The number of ether oxygens (including phenoxy) is 1. The molecule has 0 fully saturated rings. The molecule has 0 unspecified atom stereocenters. The van der Waals surface area contributed by atoms with E-state index >= 15 is 0 Å². The van der Waals surface area contributed by atoms with Gasteiger partial charge in [-0.1, -0.05) is 0 Å². The Morgan fingerprint density at radius 3 is 3.12 bits per heavy atom. The number of rotatable bonds is 3. The molecule has 16 heavy (non-hydrogen) atoms. The molecule has 2 rings (SSSR count). The fourth-order valence-electron chi connectivity index (χ4n) is 1.47. The third-order valence-corrected chi connectivity index (χ3v) is 2.14. The predicted molar refractivity (Wildman–Crippen MR) is 57.5 cm³/mol. The molecular formula is C9H11N5O2. The Kier molecular flexibility index (Phi) is 2.59. The zero-order valence-electron chi connectivity index (χ0n) is 8.46. The number of anilines is 1. The Labute approximate surface area is 91.0 Å². The summed E-state index contributed by atoms with van der Waals surface area (Å²) in [5.41, 5.74) is 12.1. The summed E-state index contributed by atoms with van der Waals surface area (Å²) >= 11 is 0. The third kappa shape index (κ3) is 1.88. The van der Waals surface area contributed by atoms with Crippen LogP contribution in [-0.2, 0) is 11.3 Å². The summed E-state index contributed by atoms with van der Waals surface area (Å²) in [6, 6.07) is 1.79. The van der Waals surface area contributed by atoms with Crippen LogP contribution in [0.4, 0.5) is 10.7 Å². The highest BCUT2D eigenvalue weighted by atomic mass is 16.5. The molecule has 0 saturated carbocycles. The molecule has 2 aromatic heterocycles. The van der Waals surface area contributed by atoms with Gasteiger partial charge in [0.2, 0.25) is 5.95 Å². The molecule has 0 radical (unpaired) electrons. The van der Waals surface area contributed by atoms with Crippen molar-refractivity contribution in [2.75, 3.05) is 12.3 Å². The SMILES string of the molecule is NC(=O)OCCn1c(N)nc2cnccc21. The lowest BCUT2D eigenvalue weighted by atomic mass is 10.4. The van der Waals surface area contributed by atoms with Crippen LogP contribution in [0.1, 0.15) is 0 Å². The summed E-state index contributed by atoms with van der Waals surface area (Å²) in [5.74, 6) is 0.357. The van der Waals surface area contributed by atoms with Gasteiger partial charge in [-0.05, 0) is 6.07 Å². The minimum absolute atomic E-state index is 0.160. The molecular weight excluding hydrogens is 210 g/mol. The van der Waals surface area contributed by atoms with Crippen molar-refractivity contribution < 1.29 is 9.53 Å². The Bertz CT molecular complexity index is 522. The number of hydrogen-bond acceptors (Lipinski definition) is 5. The van der Waals surface area contributed by atoms with Crippen LogP contribution in [0.2, 0.25) is 0 Å². The topological polar surface area (TPSA) is 109 Å². The van der Waals surface area contributed by atoms with Gasteiger partial charge in [0.25, 0.3) is 0 Å². The number of imidazole rings is 1. The lowest BCUT2D eigenvalue weighted by molar-refractivity contribution is 0.153. The quantitative estimate of drug-likeness (QED) is 0.764. The molecule has 84 valence electrons. The second-order valence-electron chi connectivity index (χ2n) is 3.15. The molecule has 0 aliphatic heterocycles. The lowest BCUT2D eigenvalue weighted by Crippen LogP contribution is -2.17. The second kappa shape index (κ2) is 4.05. The van der Waals surface area contributed by atoms with E-state index in [9.17, 15) is 4.79 Å². The van der Waals surface area contributed by atoms with Crippen LogP contribution in [0.5, 0.6) is 0 Å². The minimum atomic E-state index is -0.801. The van der Waals surface area contributed by atoms with Crippen LogP contribution in [-0.4, -0.2) is 27.2 Å². The van der Waals surface area contributed by atoms with E-state index in [2.05, 4.69) is 14.7 Å². The fourth-order valence-corrected chi connectivity index (χ4v) is 1.47. The number of aromatic nitrogens is 3. The van der Waals surface area contributed by atoms with E-state index in [-0.39, 0.29) is 6.61 Å². The van der Waals surface area contributed by atoms with Crippen LogP contribution >= 0.6 is 0 Å². The number of primary amides is 1. The number of amides is 1. The molecule has 0 atom stereocenters. The van der Waals surface area contributed by atoms with Gasteiger partial charge in [0.1, 0.15) is 12.1 Å². The number of carbonyl (C=O) groups excluding carboxylic acids is 1. The maximum atomic E-state index is 10.4. The fraction of sp³-hybridized carbons (Fsp3) is 0.222. The third-order valence-electron chi connectivity index (χ3n) is 2.14. The first-order chi connectivity index (χ1) is 7.68. The Morgan fingerprint density at radius 1 is 1.56 bits per heavy atom. The largest absolute Gasteiger partial charge is 0.448 e. The standard InChI is InChI=1S/C9H11N5O2/c10-8-13-6-5-12-2-1-7(6)14(8)3-4-16-9(11)15/h1-2,5H,3-4H2,(H2,10,13)(H2,11,15). The van der Waals surface area contributed by atoms with E-state index in [1.54, 1.807) is 23.0 Å². The Morgan fingerprint density at radius 2 is 2.38 bits per heavy atom. The summed E-state index contributed by atoms with van der Waals surface area (Å²) in [5, 5.41) is 0. The number of nitrogens with zero attached hydrogens (tertiary/aromatic N) is 3. The van der Waals surface area contributed by atoms with Gasteiger partial charge >= 0.3 is 6.09 Å². The summed E-state index contributed by atoms with van der Waals surface area (Å²) in [7, 11) is 0. The smallest absolute Gasteiger partial charge is 0.404 e. The zero-order chi connectivity index (χ0) is 11.5. The number of hydrogen-bond donors (Lipinski definition) is 2. The first-order valence-corrected chi connectivity index (χ1v) is 4.66. The summed E-state index contributed by atoms with van der Waals surface area (Å²) < 4.78 is 6.37. The van der Waals surface area contributed by atoms with E-state index in [0.717, 1.165) is 5.52 Å². The molecule has 0 aromatic carbocycles. The molecule has 7 nitrogen and oxygen atoms in total. The van der Waals surface area contributed by atoms with E-state index in [4.69, 9.17) is 11.5 Å². The molecule has 7 heteroatoms. The van der Waals surface area contributed by atoms with E-state index < -0.39 is 6.09 Å². The van der Waals surface area contributed by atoms with Gasteiger partial charge in [0.05, 0.1) is 18.3 Å². The molecule has 4 N–H and O–H groups in total. The van der Waals surface area contributed by atoms with Crippen LogP contribution < -0.4 is 11.5 Å². The van der Waals surface area contributed by atoms with Gasteiger partial charge in [0.15, 0.2) is 0 Å². The van der Waals surface area contributed by atoms with Crippen LogP contribution in [0, 0.1) is 0 Å². The molecule has 0 bridgehead atoms. The monoisotopic (exact) mass is 221 g/mol. The normalized spacial score (nSPS) is 10.5. The van der Waals surface area contributed by atoms with Gasteiger partial charge in [-0.25, -0.2) is 9.78 Å². The van der Waals surface area contributed by atoms with Crippen molar-refractivity contribution in [2.45, 2.75) is 6.54 Å². The Hall–Kier alpha value is -2.31. The van der Waals surface area contributed by atoms with Crippen molar-refractivity contribution in [1.29, 1.82) is 0 Å². The van der Waals surface area contributed by atoms with Crippen molar-refractivity contribution in [3.05, 3.63) is 18.5 Å². The highest BCUT2D eigenvalue weighted by molar-refractivity contribution is 5.77. The lowest BCUT2D eigenvalue weighted by Gasteiger charge is -2.05. The Balaban J connectivity index is 2.22. The highest BCUT2D eigenvalue weighted by Gasteiger charge is 2.07. The maximum Gasteiger partial charge on any atom is 0.404 e. The predicted octanol–water partition coefficient (Wildman–Crippen LogP) is 0.109. The second-order valence-corrected chi connectivity index (χ2v) is 3.15. The first-order valence-electron chi connectivity index (χ1n) is 4.66.